The molecule has 2 aliphatic rings. The van der Waals surface area contributed by atoms with E-state index in [1.54, 1.807) is 12.3 Å². The third-order valence-electron chi connectivity index (χ3n) is 5.09. The molecule has 136 valence electrons. The predicted octanol–water partition coefficient (Wildman–Crippen LogP) is 2.37. The molecule has 0 spiro atoms. The van der Waals surface area contributed by atoms with Gasteiger partial charge in [-0.3, -0.25) is 9.78 Å². The van der Waals surface area contributed by atoms with Gasteiger partial charge in [0.15, 0.2) is 0 Å². The fourth-order valence-electron chi connectivity index (χ4n) is 3.84. The molecule has 6 nitrogen and oxygen atoms in total. The quantitative estimate of drug-likeness (QED) is 0.844. The highest BCUT2D eigenvalue weighted by Gasteiger charge is 2.45. The molecular weight excluding hydrogens is 330 g/mol. The highest BCUT2D eigenvalue weighted by atomic mass is 16.5. The molecule has 2 fully saturated rings. The average molecular weight is 353 g/mol. The molecule has 1 saturated carbocycles. The van der Waals surface area contributed by atoms with Crippen LogP contribution >= 0.6 is 0 Å². The number of hydrogen-bond donors (Lipinski definition) is 0. The highest BCUT2D eigenvalue weighted by molar-refractivity contribution is 5.92. The maximum Gasteiger partial charge on any atom is 0.272 e. The van der Waals surface area contributed by atoms with Crippen molar-refractivity contribution >= 4 is 5.91 Å². The molecule has 3 heterocycles. The van der Waals surface area contributed by atoms with Crippen molar-refractivity contribution in [2.45, 2.75) is 44.6 Å². The van der Waals surface area contributed by atoms with Gasteiger partial charge in [0, 0.05) is 24.6 Å². The van der Waals surface area contributed by atoms with E-state index in [4.69, 9.17) is 9.47 Å². The van der Waals surface area contributed by atoms with Crippen LogP contribution in [-0.4, -0.2) is 52.2 Å². The number of pyridine rings is 2. The molecule has 4 rings (SSSR count). The maximum atomic E-state index is 12.9. The summed E-state index contributed by atoms with van der Waals surface area (Å²) >= 11 is 0. The van der Waals surface area contributed by atoms with Crippen molar-refractivity contribution < 1.29 is 14.3 Å². The van der Waals surface area contributed by atoms with E-state index in [-0.39, 0.29) is 24.2 Å². The van der Waals surface area contributed by atoms with Gasteiger partial charge in [-0.05, 0) is 43.5 Å². The summed E-state index contributed by atoms with van der Waals surface area (Å²) in [6.07, 6.45) is 5.27. The number of amides is 1. The first-order valence-electron chi connectivity index (χ1n) is 9.09. The number of aromatic nitrogens is 2. The zero-order chi connectivity index (χ0) is 17.9. The standard InChI is InChI=1S/C20H23N3O3/c1-14-4-2-6-16(22-14)20(24)23-10-11-25-19-17(23)7-8-18(19)26-13-15-5-3-9-21-12-15/h2-6,9,12,17-19H,7-8,10-11,13H2,1H3/t17-,18+,19+/m0/s1. The smallest absolute Gasteiger partial charge is 0.272 e. The molecule has 3 atom stereocenters. The molecule has 1 aliphatic carbocycles. The Morgan fingerprint density at radius 1 is 1.31 bits per heavy atom. The molecule has 26 heavy (non-hydrogen) atoms. The summed E-state index contributed by atoms with van der Waals surface area (Å²) in [7, 11) is 0. The number of aryl methyl sites for hydroxylation is 1. The zero-order valence-electron chi connectivity index (χ0n) is 14.9. The maximum absolute atomic E-state index is 12.9. The Hall–Kier alpha value is -2.31. The zero-order valence-corrected chi connectivity index (χ0v) is 14.9. The fourth-order valence-corrected chi connectivity index (χ4v) is 3.84. The first-order chi connectivity index (χ1) is 12.7. The molecule has 0 aromatic carbocycles. The number of rotatable bonds is 4. The summed E-state index contributed by atoms with van der Waals surface area (Å²) in [5, 5.41) is 0. The van der Waals surface area contributed by atoms with Crippen molar-refractivity contribution in [1.29, 1.82) is 0 Å². The SMILES string of the molecule is Cc1cccc(C(=O)N2CCO[C@H]3[C@H](OCc4cccnc4)CC[C@@H]32)n1. The summed E-state index contributed by atoms with van der Waals surface area (Å²) in [5.74, 6) is -0.0140. The monoisotopic (exact) mass is 353 g/mol. The van der Waals surface area contributed by atoms with Gasteiger partial charge in [-0.1, -0.05) is 12.1 Å². The number of carbonyl (C=O) groups is 1. The van der Waals surface area contributed by atoms with Crippen LogP contribution in [0.15, 0.2) is 42.7 Å². The van der Waals surface area contributed by atoms with E-state index in [1.807, 2.05) is 42.3 Å². The number of carbonyl (C=O) groups excluding carboxylic acids is 1. The van der Waals surface area contributed by atoms with E-state index >= 15 is 0 Å². The lowest BCUT2D eigenvalue weighted by atomic mass is 10.1. The van der Waals surface area contributed by atoms with E-state index in [1.165, 1.54) is 0 Å². The summed E-state index contributed by atoms with van der Waals surface area (Å²) in [4.78, 5) is 23.4. The third-order valence-corrected chi connectivity index (χ3v) is 5.09. The van der Waals surface area contributed by atoms with E-state index in [0.717, 1.165) is 24.1 Å². The van der Waals surface area contributed by atoms with Crippen molar-refractivity contribution in [2.75, 3.05) is 13.2 Å². The summed E-state index contributed by atoms with van der Waals surface area (Å²) in [6.45, 7) is 3.55. The van der Waals surface area contributed by atoms with Gasteiger partial charge < -0.3 is 14.4 Å². The Morgan fingerprint density at radius 2 is 2.23 bits per heavy atom. The summed E-state index contributed by atoms with van der Waals surface area (Å²) in [6, 6.07) is 9.52. The molecule has 1 amide bonds. The van der Waals surface area contributed by atoms with Crippen LogP contribution in [0.25, 0.3) is 0 Å². The first kappa shape index (κ1) is 17.1. The molecular formula is C20H23N3O3. The molecule has 1 aliphatic heterocycles. The number of nitrogens with zero attached hydrogens (tertiary/aromatic N) is 3. The van der Waals surface area contributed by atoms with Gasteiger partial charge in [-0.25, -0.2) is 4.98 Å². The second-order valence-corrected chi connectivity index (χ2v) is 6.85. The lowest BCUT2D eigenvalue weighted by Gasteiger charge is -2.38. The summed E-state index contributed by atoms with van der Waals surface area (Å²) < 4.78 is 12.1. The Labute approximate surface area is 153 Å². The Bertz CT molecular complexity index is 768. The summed E-state index contributed by atoms with van der Waals surface area (Å²) in [5.41, 5.74) is 2.40. The van der Waals surface area contributed by atoms with Crippen LogP contribution in [0.2, 0.25) is 0 Å². The van der Waals surface area contributed by atoms with Crippen molar-refractivity contribution in [3.63, 3.8) is 0 Å². The third kappa shape index (κ3) is 3.48. The molecule has 2 aromatic heterocycles. The second kappa shape index (κ2) is 7.51. The van der Waals surface area contributed by atoms with Gasteiger partial charge in [0.1, 0.15) is 11.8 Å². The number of morpholine rings is 1. The normalized spacial score (nSPS) is 25.1. The van der Waals surface area contributed by atoms with Gasteiger partial charge in [-0.15, -0.1) is 0 Å². The molecule has 0 N–H and O–H groups in total. The van der Waals surface area contributed by atoms with Crippen LogP contribution in [0, 0.1) is 6.92 Å². The molecule has 1 saturated heterocycles. The molecule has 0 bridgehead atoms. The van der Waals surface area contributed by atoms with E-state index in [2.05, 4.69) is 9.97 Å². The van der Waals surface area contributed by atoms with Crippen molar-refractivity contribution in [1.82, 2.24) is 14.9 Å². The molecule has 0 radical (unpaired) electrons. The van der Waals surface area contributed by atoms with Crippen LogP contribution < -0.4 is 0 Å². The van der Waals surface area contributed by atoms with Crippen LogP contribution in [0.4, 0.5) is 0 Å². The minimum absolute atomic E-state index is 0.00118. The Kier molecular flexibility index (Phi) is 4.95. The van der Waals surface area contributed by atoms with E-state index in [9.17, 15) is 4.79 Å². The number of fused-ring (bicyclic) bond motifs is 1. The van der Waals surface area contributed by atoms with Gasteiger partial charge in [0.2, 0.25) is 0 Å². The van der Waals surface area contributed by atoms with Crippen molar-refractivity contribution in [3.8, 4) is 0 Å². The van der Waals surface area contributed by atoms with Crippen LogP contribution in [0.3, 0.4) is 0 Å². The minimum Gasteiger partial charge on any atom is -0.372 e. The molecule has 6 heteroatoms. The largest absolute Gasteiger partial charge is 0.372 e. The minimum atomic E-state index is -0.0748. The molecule has 0 unspecified atom stereocenters. The Balaban J connectivity index is 1.43. The number of ether oxygens (including phenoxy) is 2. The highest BCUT2D eigenvalue weighted by Crippen LogP contribution is 2.33. The fraction of sp³-hybridized carbons (Fsp3) is 0.450. The van der Waals surface area contributed by atoms with Crippen LogP contribution in [-0.2, 0) is 16.1 Å². The first-order valence-corrected chi connectivity index (χ1v) is 9.09. The average Bonchev–Trinajstić information content (AvgIpc) is 3.10. The van der Waals surface area contributed by atoms with Gasteiger partial charge in [-0.2, -0.15) is 0 Å². The second-order valence-electron chi connectivity index (χ2n) is 6.85. The Morgan fingerprint density at radius 3 is 3.04 bits per heavy atom. The lowest BCUT2D eigenvalue weighted by molar-refractivity contribution is -0.108. The van der Waals surface area contributed by atoms with E-state index in [0.29, 0.717) is 25.5 Å². The van der Waals surface area contributed by atoms with Gasteiger partial charge in [0.25, 0.3) is 5.91 Å². The molecule has 2 aromatic rings. The van der Waals surface area contributed by atoms with Crippen LogP contribution in [0.1, 0.15) is 34.6 Å². The topological polar surface area (TPSA) is 64.6 Å². The lowest BCUT2D eigenvalue weighted by Crippen LogP contribution is -2.54. The van der Waals surface area contributed by atoms with Crippen LogP contribution in [0.5, 0.6) is 0 Å². The van der Waals surface area contributed by atoms with Crippen molar-refractivity contribution in [3.05, 3.63) is 59.7 Å². The van der Waals surface area contributed by atoms with Gasteiger partial charge >= 0.3 is 0 Å². The predicted molar refractivity (Wildman–Crippen MR) is 95.6 cm³/mol. The number of hydrogen-bond acceptors (Lipinski definition) is 5. The van der Waals surface area contributed by atoms with Gasteiger partial charge in [0.05, 0.1) is 25.4 Å². The van der Waals surface area contributed by atoms with Crippen molar-refractivity contribution in [2.24, 2.45) is 0 Å². The van der Waals surface area contributed by atoms with E-state index < -0.39 is 0 Å².